The zero-order chi connectivity index (χ0) is 13.5. The van der Waals surface area contributed by atoms with Crippen LogP contribution in [0.5, 0.6) is 11.5 Å². The van der Waals surface area contributed by atoms with Crippen LogP contribution in [0.3, 0.4) is 0 Å². The molecule has 0 saturated carbocycles. The molecule has 0 fully saturated rings. The minimum Gasteiger partial charge on any atom is -0.493 e. The molecular formula is C14H20BrNO2. The SMILES string of the molecule is C=C(Br)CNC(CC)c1ccc(OC)c(OC)c1. The van der Waals surface area contributed by atoms with Crippen molar-refractivity contribution in [3.05, 3.63) is 34.8 Å². The van der Waals surface area contributed by atoms with E-state index < -0.39 is 0 Å². The molecule has 0 aliphatic rings. The van der Waals surface area contributed by atoms with Crippen LogP contribution in [0.4, 0.5) is 0 Å². The van der Waals surface area contributed by atoms with Gasteiger partial charge in [0.25, 0.3) is 0 Å². The number of benzene rings is 1. The standard InChI is InChI=1S/C14H20BrNO2/c1-5-12(16-9-10(2)15)11-6-7-13(17-3)14(8-11)18-4/h6-8,12,16H,2,5,9H2,1,3-4H3. The Kier molecular flexibility index (Phi) is 6.22. The molecule has 0 radical (unpaired) electrons. The fraction of sp³-hybridized carbons (Fsp3) is 0.429. The molecular weight excluding hydrogens is 294 g/mol. The Morgan fingerprint density at radius 2 is 2.00 bits per heavy atom. The van der Waals surface area contributed by atoms with E-state index in [-0.39, 0.29) is 6.04 Å². The molecule has 0 aliphatic carbocycles. The topological polar surface area (TPSA) is 30.5 Å². The number of methoxy groups -OCH3 is 2. The Hall–Kier alpha value is -1.00. The van der Waals surface area contributed by atoms with Gasteiger partial charge in [-0.3, -0.25) is 0 Å². The number of rotatable bonds is 7. The van der Waals surface area contributed by atoms with Crippen molar-refractivity contribution in [3.63, 3.8) is 0 Å². The van der Waals surface area contributed by atoms with Crippen molar-refractivity contribution in [1.82, 2.24) is 5.32 Å². The molecule has 0 bridgehead atoms. The monoisotopic (exact) mass is 313 g/mol. The first-order valence-electron chi connectivity index (χ1n) is 5.91. The van der Waals surface area contributed by atoms with E-state index in [1.54, 1.807) is 14.2 Å². The molecule has 1 unspecified atom stereocenters. The van der Waals surface area contributed by atoms with Gasteiger partial charge in [0, 0.05) is 17.1 Å². The van der Waals surface area contributed by atoms with Gasteiger partial charge in [-0.05, 0) is 24.1 Å². The van der Waals surface area contributed by atoms with Crippen LogP contribution in [0, 0.1) is 0 Å². The van der Waals surface area contributed by atoms with Crippen molar-refractivity contribution in [3.8, 4) is 11.5 Å². The number of hydrogen-bond donors (Lipinski definition) is 1. The quantitative estimate of drug-likeness (QED) is 0.833. The molecule has 1 atom stereocenters. The van der Waals surface area contributed by atoms with Gasteiger partial charge in [0.1, 0.15) is 0 Å². The lowest BCUT2D eigenvalue weighted by molar-refractivity contribution is 0.353. The summed E-state index contributed by atoms with van der Waals surface area (Å²) in [4.78, 5) is 0. The third kappa shape index (κ3) is 4.03. The smallest absolute Gasteiger partial charge is 0.161 e. The van der Waals surface area contributed by atoms with E-state index in [1.807, 2.05) is 12.1 Å². The number of halogens is 1. The normalized spacial score (nSPS) is 12.0. The first-order valence-corrected chi connectivity index (χ1v) is 6.70. The summed E-state index contributed by atoms with van der Waals surface area (Å²) in [5, 5.41) is 3.43. The van der Waals surface area contributed by atoms with Crippen molar-refractivity contribution in [2.45, 2.75) is 19.4 Å². The highest BCUT2D eigenvalue weighted by atomic mass is 79.9. The highest BCUT2D eigenvalue weighted by molar-refractivity contribution is 9.11. The Morgan fingerprint density at radius 3 is 2.50 bits per heavy atom. The molecule has 3 nitrogen and oxygen atoms in total. The van der Waals surface area contributed by atoms with Crippen molar-refractivity contribution >= 4 is 15.9 Å². The lowest BCUT2D eigenvalue weighted by atomic mass is 10.0. The van der Waals surface area contributed by atoms with E-state index in [2.05, 4.69) is 40.8 Å². The first-order chi connectivity index (χ1) is 8.62. The van der Waals surface area contributed by atoms with E-state index >= 15 is 0 Å². The van der Waals surface area contributed by atoms with Crippen LogP contribution in [-0.4, -0.2) is 20.8 Å². The van der Waals surface area contributed by atoms with Crippen LogP contribution in [0.2, 0.25) is 0 Å². The van der Waals surface area contributed by atoms with Gasteiger partial charge in [-0.15, -0.1) is 0 Å². The van der Waals surface area contributed by atoms with Crippen LogP contribution in [-0.2, 0) is 0 Å². The van der Waals surface area contributed by atoms with Crippen LogP contribution in [0.25, 0.3) is 0 Å². The Balaban J connectivity index is 2.88. The van der Waals surface area contributed by atoms with Crippen LogP contribution in [0.15, 0.2) is 29.3 Å². The molecule has 1 N–H and O–H groups in total. The summed E-state index contributed by atoms with van der Waals surface area (Å²) in [7, 11) is 3.29. The minimum atomic E-state index is 0.277. The largest absolute Gasteiger partial charge is 0.493 e. The maximum Gasteiger partial charge on any atom is 0.161 e. The first kappa shape index (κ1) is 15.1. The van der Waals surface area contributed by atoms with Gasteiger partial charge in [-0.1, -0.05) is 35.5 Å². The lowest BCUT2D eigenvalue weighted by Crippen LogP contribution is -2.21. The fourth-order valence-corrected chi connectivity index (χ4v) is 1.96. The highest BCUT2D eigenvalue weighted by Gasteiger charge is 2.12. The minimum absolute atomic E-state index is 0.277. The summed E-state index contributed by atoms with van der Waals surface area (Å²) in [5.74, 6) is 1.51. The van der Waals surface area contributed by atoms with E-state index in [1.165, 1.54) is 5.56 Å². The molecule has 0 heterocycles. The molecule has 0 aliphatic heterocycles. The zero-order valence-electron chi connectivity index (χ0n) is 11.1. The molecule has 0 saturated heterocycles. The van der Waals surface area contributed by atoms with Gasteiger partial charge in [-0.2, -0.15) is 0 Å². The van der Waals surface area contributed by atoms with Crippen LogP contribution >= 0.6 is 15.9 Å². The van der Waals surface area contributed by atoms with Gasteiger partial charge in [0.2, 0.25) is 0 Å². The molecule has 1 rings (SSSR count). The van der Waals surface area contributed by atoms with E-state index in [9.17, 15) is 0 Å². The molecule has 0 amide bonds. The summed E-state index contributed by atoms with van der Waals surface area (Å²) in [6.45, 7) is 6.71. The molecule has 4 heteroatoms. The summed E-state index contributed by atoms with van der Waals surface area (Å²) in [5.41, 5.74) is 1.18. The van der Waals surface area contributed by atoms with Crippen molar-refractivity contribution in [2.24, 2.45) is 0 Å². The second-order valence-electron chi connectivity index (χ2n) is 3.97. The maximum absolute atomic E-state index is 5.32. The van der Waals surface area contributed by atoms with Crippen LogP contribution in [0.1, 0.15) is 24.9 Å². The molecule has 1 aromatic rings. The molecule has 100 valence electrons. The van der Waals surface area contributed by atoms with Gasteiger partial charge < -0.3 is 14.8 Å². The predicted octanol–water partition coefficient (Wildman–Crippen LogP) is 3.65. The molecule has 18 heavy (non-hydrogen) atoms. The third-order valence-electron chi connectivity index (χ3n) is 2.76. The second kappa shape index (κ2) is 7.44. The second-order valence-corrected chi connectivity index (χ2v) is 5.09. The Morgan fingerprint density at radius 1 is 1.33 bits per heavy atom. The van der Waals surface area contributed by atoms with Gasteiger partial charge in [0.05, 0.1) is 14.2 Å². The summed E-state index contributed by atoms with van der Waals surface area (Å²) in [6.07, 6.45) is 0.996. The highest BCUT2D eigenvalue weighted by Crippen LogP contribution is 2.30. The molecule has 0 spiro atoms. The fourth-order valence-electron chi connectivity index (χ4n) is 1.80. The van der Waals surface area contributed by atoms with E-state index in [0.29, 0.717) is 0 Å². The molecule has 0 aromatic heterocycles. The average Bonchev–Trinajstić information content (AvgIpc) is 2.38. The lowest BCUT2D eigenvalue weighted by Gasteiger charge is -2.18. The summed E-state index contributed by atoms with van der Waals surface area (Å²) < 4.78 is 11.5. The zero-order valence-corrected chi connectivity index (χ0v) is 12.7. The van der Waals surface area contributed by atoms with E-state index in [4.69, 9.17) is 9.47 Å². The van der Waals surface area contributed by atoms with Gasteiger partial charge in [0.15, 0.2) is 11.5 Å². The van der Waals surface area contributed by atoms with Crippen molar-refractivity contribution in [2.75, 3.05) is 20.8 Å². The predicted molar refractivity (Wildman–Crippen MR) is 78.6 cm³/mol. The van der Waals surface area contributed by atoms with Crippen molar-refractivity contribution in [1.29, 1.82) is 0 Å². The van der Waals surface area contributed by atoms with Gasteiger partial charge >= 0.3 is 0 Å². The Bertz CT molecular complexity index is 407. The van der Waals surface area contributed by atoms with Gasteiger partial charge in [-0.25, -0.2) is 0 Å². The van der Waals surface area contributed by atoms with Crippen molar-refractivity contribution < 1.29 is 9.47 Å². The maximum atomic E-state index is 5.32. The number of nitrogens with one attached hydrogen (secondary N) is 1. The average molecular weight is 314 g/mol. The van der Waals surface area contributed by atoms with E-state index in [0.717, 1.165) is 28.9 Å². The molecule has 1 aromatic carbocycles. The number of ether oxygens (including phenoxy) is 2. The Labute approximate surface area is 117 Å². The third-order valence-corrected chi connectivity index (χ3v) is 3.04. The van der Waals surface area contributed by atoms with Crippen LogP contribution < -0.4 is 14.8 Å². The summed E-state index contributed by atoms with van der Waals surface area (Å²) >= 11 is 3.35. The summed E-state index contributed by atoms with van der Waals surface area (Å²) in [6, 6.07) is 6.27. The number of hydrogen-bond acceptors (Lipinski definition) is 3.